The van der Waals surface area contributed by atoms with Gasteiger partial charge in [-0.3, -0.25) is 0 Å². The van der Waals surface area contributed by atoms with Crippen LogP contribution in [-0.4, -0.2) is 25.2 Å². The van der Waals surface area contributed by atoms with E-state index in [1.165, 1.54) is 0 Å². The fourth-order valence-corrected chi connectivity index (χ4v) is 1.69. The smallest absolute Gasteiger partial charge is 0.256 e. The second-order valence-corrected chi connectivity index (χ2v) is 3.49. The fraction of sp³-hybridized carbons (Fsp3) is 1.00. The highest BCUT2D eigenvalue weighted by atomic mass is 19.3. The van der Waals surface area contributed by atoms with Gasteiger partial charge in [-0.25, -0.2) is 8.78 Å². The molecule has 2 atom stereocenters. The van der Waals surface area contributed by atoms with Gasteiger partial charge in [0.1, 0.15) is 0 Å². The second kappa shape index (κ2) is 3.66. The van der Waals surface area contributed by atoms with Crippen molar-refractivity contribution in [3.05, 3.63) is 0 Å². The van der Waals surface area contributed by atoms with Crippen LogP contribution in [-0.2, 0) is 4.74 Å². The Morgan fingerprint density at radius 3 is 2.75 bits per heavy atom. The molecule has 1 saturated carbocycles. The first-order valence-electron chi connectivity index (χ1n) is 4.18. The van der Waals surface area contributed by atoms with Crippen LogP contribution in [0.2, 0.25) is 0 Å². The Kier molecular flexibility index (Phi) is 3.01. The van der Waals surface area contributed by atoms with E-state index in [1.54, 1.807) is 7.11 Å². The molecule has 1 fully saturated rings. The van der Waals surface area contributed by atoms with E-state index >= 15 is 0 Å². The zero-order chi connectivity index (χ0) is 9.19. The lowest BCUT2D eigenvalue weighted by Gasteiger charge is -2.36. The third-order valence-corrected chi connectivity index (χ3v) is 2.54. The Morgan fingerprint density at radius 2 is 2.25 bits per heavy atom. The maximum absolute atomic E-state index is 12.4. The molecule has 72 valence electrons. The lowest BCUT2D eigenvalue weighted by atomic mass is 9.81. The molecule has 0 aromatic heterocycles. The predicted molar refractivity (Wildman–Crippen MR) is 42.2 cm³/mol. The van der Waals surface area contributed by atoms with Crippen LogP contribution in [0.1, 0.15) is 25.7 Å². The van der Waals surface area contributed by atoms with Gasteiger partial charge in [0.15, 0.2) is 0 Å². The maximum atomic E-state index is 12.4. The first-order chi connectivity index (χ1) is 5.58. The molecule has 2 N–H and O–H groups in total. The summed E-state index contributed by atoms with van der Waals surface area (Å²) in [6, 6.07) is 0. The van der Waals surface area contributed by atoms with Gasteiger partial charge in [0, 0.05) is 7.11 Å². The van der Waals surface area contributed by atoms with Crippen molar-refractivity contribution in [3.8, 4) is 0 Å². The number of hydrogen-bond acceptors (Lipinski definition) is 2. The SMILES string of the molecule is COC1CCCC(N)(C(F)F)C1. The lowest BCUT2D eigenvalue weighted by molar-refractivity contribution is -0.0249. The standard InChI is InChI=1S/C8H15F2NO/c1-12-6-3-2-4-8(11,5-6)7(9)10/h6-7H,2-5,11H2,1H3. The van der Waals surface area contributed by atoms with Gasteiger partial charge in [-0.05, 0) is 25.7 Å². The van der Waals surface area contributed by atoms with Gasteiger partial charge in [-0.1, -0.05) is 0 Å². The summed E-state index contributed by atoms with van der Waals surface area (Å²) >= 11 is 0. The second-order valence-electron chi connectivity index (χ2n) is 3.49. The first-order valence-corrected chi connectivity index (χ1v) is 4.18. The number of nitrogens with two attached hydrogens (primary N) is 1. The summed E-state index contributed by atoms with van der Waals surface area (Å²) in [5.41, 5.74) is 4.23. The van der Waals surface area contributed by atoms with Gasteiger partial charge in [0.05, 0.1) is 11.6 Å². The number of alkyl halides is 2. The van der Waals surface area contributed by atoms with E-state index in [9.17, 15) is 8.78 Å². The van der Waals surface area contributed by atoms with Crippen molar-refractivity contribution in [1.29, 1.82) is 0 Å². The number of halogens is 2. The van der Waals surface area contributed by atoms with Crippen LogP contribution in [0.25, 0.3) is 0 Å². The highest BCUT2D eigenvalue weighted by molar-refractivity contribution is 4.93. The first kappa shape index (κ1) is 9.86. The largest absolute Gasteiger partial charge is 0.381 e. The molecule has 0 aromatic rings. The molecule has 4 heteroatoms. The Balaban J connectivity index is 2.54. The molecule has 1 aliphatic carbocycles. The van der Waals surface area contributed by atoms with E-state index in [0.29, 0.717) is 6.42 Å². The Hall–Kier alpha value is -0.220. The van der Waals surface area contributed by atoms with Crippen LogP contribution >= 0.6 is 0 Å². The lowest BCUT2D eigenvalue weighted by Crippen LogP contribution is -2.52. The van der Waals surface area contributed by atoms with Crippen LogP contribution in [0.15, 0.2) is 0 Å². The van der Waals surface area contributed by atoms with Crippen molar-refractivity contribution < 1.29 is 13.5 Å². The molecular weight excluding hydrogens is 164 g/mol. The van der Waals surface area contributed by atoms with E-state index in [1.807, 2.05) is 0 Å². The number of rotatable bonds is 2. The molecule has 2 unspecified atom stereocenters. The van der Waals surface area contributed by atoms with E-state index in [0.717, 1.165) is 12.8 Å². The summed E-state index contributed by atoms with van der Waals surface area (Å²) in [5.74, 6) is 0. The monoisotopic (exact) mass is 179 g/mol. The Bertz CT molecular complexity index is 154. The van der Waals surface area contributed by atoms with Crippen molar-refractivity contribution >= 4 is 0 Å². The molecule has 0 bridgehead atoms. The van der Waals surface area contributed by atoms with E-state index in [4.69, 9.17) is 10.5 Å². The van der Waals surface area contributed by atoms with Gasteiger partial charge < -0.3 is 10.5 Å². The highest BCUT2D eigenvalue weighted by Gasteiger charge is 2.40. The third-order valence-electron chi connectivity index (χ3n) is 2.54. The average Bonchev–Trinajstić information content (AvgIpc) is 2.04. The number of ether oxygens (including phenoxy) is 1. The summed E-state index contributed by atoms with van der Waals surface area (Å²) in [5, 5.41) is 0. The molecule has 1 aliphatic rings. The van der Waals surface area contributed by atoms with Crippen molar-refractivity contribution in [3.63, 3.8) is 0 Å². The Morgan fingerprint density at radius 1 is 1.58 bits per heavy atom. The van der Waals surface area contributed by atoms with Crippen molar-refractivity contribution in [1.82, 2.24) is 0 Å². The zero-order valence-corrected chi connectivity index (χ0v) is 7.22. The minimum absolute atomic E-state index is 0.0854. The topological polar surface area (TPSA) is 35.2 Å². The van der Waals surface area contributed by atoms with E-state index in [-0.39, 0.29) is 12.5 Å². The molecule has 0 amide bonds. The Labute approximate surface area is 71.1 Å². The zero-order valence-electron chi connectivity index (χ0n) is 7.22. The minimum atomic E-state index is -2.43. The van der Waals surface area contributed by atoms with Gasteiger partial charge in [0.25, 0.3) is 6.43 Å². The molecule has 2 nitrogen and oxygen atoms in total. The van der Waals surface area contributed by atoms with Crippen LogP contribution in [0.5, 0.6) is 0 Å². The number of methoxy groups -OCH3 is 1. The van der Waals surface area contributed by atoms with Gasteiger partial charge in [0.2, 0.25) is 0 Å². The van der Waals surface area contributed by atoms with Crippen LogP contribution < -0.4 is 5.73 Å². The quantitative estimate of drug-likeness (QED) is 0.697. The normalized spacial score (nSPS) is 37.2. The molecule has 0 heterocycles. The molecule has 12 heavy (non-hydrogen) atoms. The molecule has 0 aromatic carbocycles. The summed E-state index contributed by atoms with van der Waals surface area (Å²) in [6.45, 7) is 0. The van der Waals surface area contributed by atoms with Crippen molar-refractivity contribution in [2.45, 2.75) is 43.8 Å². The van der Waals surface area contributed by atoms with E-state index in [2.05, 4.69) is 0 Å². The van der Waals surface area contributed by atoms with Gasteiger partial charge in [-0.2, -0.15) is 0 Å². The predicted octanol–water partition coefficient (Wildman–Crippen LogP) is 1.54. The van der Waals surface area contributed by atoms with E-state index < -0.39 is 12.0 Å². The molecule has 1 rings (SSSR count). The summed E-state index contributed by atoms with van der Waals surface area (Å²) in [6.07, 6.45) is -0.249. The summed E-state index contributed by atoms with van der Waals surface area (Å²) in [7, 11) is 1.54. The number of hydrogen-bond donors (Lipinski definition) is 1. The van der Waals surface area contributed by atoms with Gasteiger partial charge >= 0.3 is 0 Å². The van der Waals surface area contributed by atoms with Crippen molar-refractivity contribution in [2.24, 2.45) is 5.73 Å². The maximum Gasteiger partial charge on any atom is 0.256 e. The fourth-order valence-electron chi connectivity index (χ4n) is 1.69. The molecule has 0 spiro atoms. The van der Waals surface area contributed by atoms with Crippen LogP contribution in [0, 0.1) is 0 Å². The molecular formula is C8H15F2NO. The average molecular weight is 179 g/mol. The summed E-state index contributed by atoms with van der Waals surface area (Å²) in [4.78, 5) is 0. The summed E-state index contributed by atoms with van der Waals surface area (Å²) < 4.78 is 29.9. The molecule has 0 saturated heterocycles. The van der Waals surface area contributed by atoms with Crippen molar-refractivity contribution in [2.75, 3.05) is 7.11 Å². The minimum Gasteiger partial charge on any atom is -0.381 e. The van der Waals surface area contributed by atoms with Gasteiger partial charge in [-0.15, -0.1) is 0 Å². The van der Waals surface area contributed by atoms with Crippen LogP contribution in [0.3, 0.4) is 0 Å². The highest BCUT2D eigenvalue weighted by Crippen LogP contribution is 2.32. The third kappa shape index (κ3) is 1.93. The van der Waals surface area contributed by atoms with Crippen LogP contribution in [0.4, 0.5) is 8.78 Å². The molecule has 0 radical (unpaired) electrons. The molecule has 0 aliphatic heterocycles.